The number of carbonyl (C=O) groups excluding carboxylic acids is 2. The summed E-state index contributed by atoms with van der Waals surface area (Å²) in [5.41, 5.74) is 1.71. The Morgan fingerprint density at radius 2 is 1.96 bits per heavy atom. The van der Waals surface area contributed by atoms with E-state index in [0.717, 1.165) is 37.8 Å². The molecule has 7 nitrogen and oxygen atoms in total. The molecule has 0 spiro atoms. The van der Waals surface area contributed by atoms with E-state index in [9.17, 15) is 9.59 Å². The summed E-state index contributed by atoms with van der Waals surface area (Å²) in [6.07, 6.45) is 4.37. The molecule has 1 fully saturated rings. The van der Waals surface area contributed by atoms with Gasteiger partial charge in [0, 0.05) is 26.6 Å². The van der Waals surface area contributed by atoms with Gasteiger partial charge in [0.1, 0.15) is 11.5 Å². The molecule has 1 atom stereocenters. The Bertz CT molecular complexity index is 820. The molecule has 7 heteroatoms. The first-order valence-electron chi connectivity index (χ1n) is 8.85. The van der Waals surface area contributed by atoms with E-state index in [2.05, 4.69) is 9.97 Å². The van der Waals surface area contributed by atoms with Crippen molar-refractivity contribution in [3.63, 3.8) is 0 Å². The second kappa shape index (κ2) is 6.74. The van der Waals surface area contributed by atoms with Crippen LogP contribution in [-0.4, -0.2) is 53.5 Å². The number of anilines is 2. The number of amides is 2. The van der Waals surface area contributed by atoms with Gasteiger partial charge in [-0.25, -0.2) is 14.8 Å². The SMILES string of the molecule is CN1c2nc(Cc3ccccc3)ncc2N(C(=O)N2CCCC2)C1C=O. The zero-order valence-electron chi connectivity index (χ0n) is 14.7. The number of nitrogens with zero attached hydrogens (tertiary/aromatic N) is 5. The van der Waals surface area contributed by atoms with Crippen LogP contribution in [0.15, 0.2) is 36.5 Å². The molecule has 3 heterocycles. The summed E-state index contributed by atoms with van der Waals surface area (Å²) >= 11 is 0. The minimum atomic E-state index is -0.681. The summed E-state index contributed by atoms with van der Waals surface area (Å²) in [6.45, 7) is 1.46. The van der Waals surface area contributed by atoms with Crippen LogP contribution in [0.3, 0.4) is 0 Å². The number of likely N-dealkylation sites (N-methyl/N-ethyl adjacent to an activating group) is 1. The molecule has 2 aliphatic rings. The second-order valence-electron chi connectivity index (χ2n) is 6.66. The van der Waals surface area contributed by atoms with Crippen LogP contribution >= 0.6 is 0 Å². The number of likely N-dealkylation sites (tertiary alicyclic amines) is 1. The minimum absolute atomic E-state index is 0.149. The Kier molecular flexibility index (Phi) is 4.28. The Morgan fingerprint density at radius 1 is 1.23 bits per heavy atom. The van der Waals surface area contributed by atoms with Gasteiger partial charge in [0.05, 0.1) is 6.20 Å². The molecule has 2 amide bonds. The first-order chi connectivity index (χ1) is 12.7. The summed E-state index contributed by atoms with van der Waals surface area (Å²) in [4.78, 5) is 38.7. The smallest absolute Gasteiger partial charge is 0.326 e. The number of benzene rings is 1. The third-order valence-electron chi connectivity index (χ3n) is 4.96. The lowest BCUT2D eigenvalue weighted by atomic mass is 10.1. The fourth-order valence-electron chi connectivity index (χ4n) is 3.56. The lowest BCUT2D eigenvalue weighted by molar-refractivity contribution is -0.108. The van der Waals surface area contributed by atoms with Crippen LogP contribution in [0, 0.1) is 0 Å². The number of aldehydes is 1. The highest BCUT2D eigenvalue weighted by atomic mass is 16.2. The molecule has 0 saturated carbocycles. The summed E-state index contributed by atoms with van der Waals surface area (Å²) in [7, 11) is 1.79. The molecule has 0 bridgehead atoms. The molecule has 2 aliphatic heterocycles. The molecule has 1 unspecified atom stereocenters. The highest BCUT2D eigenvalue weighted by Gasteiger charge is 2.41. The molecule has 26 heavy (non-hydrogen) atoms. The zero-order chi connectivity index (χ0) is 18.1. The van der Waals surface area contributed by atoms with E-state index in [-0.39, 0.29) is 6.03 Å². The lowest BCUT2D eigenvalue weighted by Crippen LogP contribution is -2.50. The quantitative estimate of drug-likeness (QED) is 0.792. The highest BCUT2D eigenvalue weighted by molar-refractivity contribution is 6.02. The highest BCUT2D eigenvalue weighted by Crippen LogP contribution is 2.37. The van der Waals surface area contributed by atoms with Crippen LogP contribution in [-0.2, 0) is 11.2 Å². The van der Waals surface area contributed by atoms with Gasteiger partial charge in [-0.2, -0.15) is 0 Å². The Hall–Kier alpha value is -2.96. The van der Waals surface area contributed by atoms with Crippen LogP contribution in [0.5, 0.6) is 0 Å². The summed E-state index contributed by atoms with van der Waals surface area (Å²) in [6, 6.07) is 9.83. The summed E-state index contributed by atoms with van der Waals surface area (Å²) < 4.78 is 0. The molecule has 134 valence electrons. The number of rotatable bonds is 3. The van der Waals surface area contributed by atoms with Gasteiger partial charge in [-0.1, -0.05) is 30.3 Å². The standard InChI is InChI=1S/C19H21N5O2/c1-22-17(13-25)24(19(26)23-9-5-6-10-23)15-12-20-16(21-18(15)22)11-14-7-3-2-4-8-14/h2-4,7-8,12-13,17H,5-6,9-11H2,1H3. The van der Waals surface area contributed by atoms with Crippen LogP contribution in [0.4, 0.5) is 16.3 Å². The maximum Gasteiger partial charge on any atom is 0.326 e. The van der Waals surface area contributed by atoms with E-state index in [1.807, 2.05) is 30.3 Å². The maximum atomic E-state index is 12.9. The van der Waals surface area contributed by atoms with Crippen molar-refractivity contribution in [1.29, 1.82) is 0 Å². The average molecular weight is 351 g/mol. The van der Waals surface area contributed by atoms with Crippen molar-refractivity contribution in [3.05, 3.63) is 47.9 Å². The first kappa shape index (κ1) is 16.5. The van der Waals surface area contributed by atoms with Gasteiger partial charge < -0.3 is 9.80 Å². The van der Waals surface area contributed by atoms with E-state index in [4.69, 9.17) is 0 Å². The predicted octanol–water partition coefficient (Wildman–Crippen LogP) is 2.06. The summed E-state index contributed by atoms with van der Waals surface area (Å²) in [5.74, 6) is 1.29. The van der Waals surface area contributed by atoms with Crippen LogP contribution in [0.2, 0.25) is 0 Å². The Morgan fingerprint density at radius 3 is 2.65 bits per heavy atom. The molecule has 0 radical (unpaired) electrons. The van der Waals surface area contributed by atoms with Gasteiger partial charge in [0.25, 0.3) is 0 Å². The third kappa shape index (κ3) is 2.79. The first-order valence-corrected chi connectivity index (χ1v) is 8.85. The fraction of sp³-hybridized carbons (Fsp3) is 0.368. The van der Waals surface area contributed by atoms with Crippen molar-refractivity contribution in [2.75, 3.05) is 29.9 Å². The topological polar surface area (TPSA) is 69.6 Å². The molecular weight excluding hydrogens is 330 g/mol. The predicted molar refractivity (Wildman–Crippen MR) is 98.2 cm³/mol. The summed E-state index contributed by atoms with van der Waals surface area (Å²) in [5, 5.41) is 0. The van der Waals surface area contributed by atoms with E-state index in [0.29, 0.717) is 23.8 Å². The lowest BCUT2D eigenvalue weighted by Gasteiger charge is -2.28. The van der Waals surface area contributed by atoms with Gasteiger partial charge in [-0.3, -0.25) is 9.69 Å². The van der Waals surface area contributed by atoms with Crippen LogP contribution < -0.4 is 9.80 Å². The van der Waals surface area contributed by atoms with E-state index in [1.54, 1.807) is 23.0 Å². The Labute approximate surface area is 152 Å². The number of hydrogen-bond donors (Lipinski definition) is 0. The molecule has 1 aromatic carbocycles. The molecular formula is C19H21N5O2. The van der Waals surface area contributed by atoms with Crippen LogP contribution in [0.25, 0.3) is 0 Å². The van der Waals surface area contributed by atoms with Gasteiger partial charge in [-0.15, -0.1) is 0 Å². The van der Waals surface area contributed by atoms with Crippen molar-refractivity contribution in [3.8, 4) is 0 Å². The van der Waals surface area contributed by atoms with Crippen molar-refractivity contribution in [1.82, 2.24) is 14.9 Å². The largest absolute Gasteiger partial charge is 0.331 e. The maximum absolute atomic E-state index is 12.9. The molecule has 1 aromatic heterocycles. The average Bonchev–Trinajstić information content (AvgIpc) is 3.29. The van der Waals surface area contributed by atoms with Gasteiger partial charge in [0.2, 0.25) is 0 Å². The number of aromatic nitrogens is 2. The zero-order valence-corrected chi connectivity index (χ0v) is 14.7. The molecule has 2 aromatic rings. The van der Waals surface area contributed by atoms with Gasteiger partial charge in [-0.05, 0) is 18.4 Å². The number of fused-ring (bicyclic) bond motifs is 1. The Balaban J connectivity index is 1.65. The van der Waals surface area contributed by atoms with Gasteiger partial charge >= 0.3 is 6.03 Å². The molecule has 4 rings (SSSR count). The van der Waals surface area contributed by atoms with Gasteiger partial charge in [0.15, 0.2) is 18.3 Å². The van der Waals surface area contributed by atoms with Crippen LogP contribution in [0.1, 0.15) is 24.2 Å². The fourth-order valence-corrected chi connectivity index (χ4v) is 3.56. The second-order valence-corrected chi connectivity index (χ2v) is 6.66. The van der Waals surface area contributed by atoms with E-state index in [1.165, 1.54) is 4.90 Å². The van der Waals surface area contributed by atoms with E-state index < -0.39 is 6.17 Å². The normalized spacial score (nSPS) is 19.0. The number of carbonyl (C=O) groups is 2. The monoisotopic (exact) mass is 351 g/mol. The van der Waals surface area contributed by atoms with E-state index >= 15 is 0 Å². The van der Waals surface area contributed by atoms with Crippen molar-refractivity contribution in [2.24, 2.45) is 0 Å². The molecule has 1 saturated heterocycles. The van der Waals surface area contributed by atoms with Crippen molar-refractivity contribution >= 4 is 23.8 Å². The number of hydrogen-bond acceptors (Lipinski definition) is 5. The molecule has 0 N–H and O–H groups in total. The third-order valence-corrected chi connectivity index (χ3v) is 4.96. The number of urea groups is 1. The molecule has 0 aliphatic carbocycles. The minimum Gasteiger partial charge on any atom is -0.331 e. The van der Waals surface area contributed by atoms with Crippen molar-refractivity contribution in [2.45, 2.75) is 25.4 Å². The van der Waals surface area contributed by atoms with Crippen molar-refractivity contribution < 1.29 is 9.59 Å².